The van der Waals surface area contributed by atoms with E-state index in [1.807, 2.05) is 91.9 Å². The molecule has 1 amide bonds. The minimum Gasteiger partial charge on any atom is -0.392 e. The average Bonchev–Trinajstić information content (AvgIpc) is 3.24. The largest absolute Gasteiger partial charge is 0.392 e. The number of carbonyl (C=O) groups is 1. The molecule has 0 aliphatic carbocycles. The lowest BCUT2D eigenvalue weighted by atomic mass is 9.99. The summed E-state index contributed by atoms with van der Waals surface area (Å²) in [6.45, 7) is 6.18. The fraction of sp³-hybridized carbons (Fsp3) is 0.326. The molecule has 3 N–H and O–H groups in total. The normalized spacial score (nSPS) is 19.7. The summed E-state index contributed by atoms with van der Waals surface area (Å²) in [5.41, 5.74) is 5.32. The zero-order valence-electron chi connectivity index (χ0n) is 31.4. The second kappa shape index (κ2) is 18.3. The predicted molar refractivity (Wildman–Crippen MR) is 213 cm³/mol. The highest BCUT2D eigenvalue weighted by atomic mass is 32.2. The number of anilines is 1. The van der Waals surface area contributed by atoms with Crippen molar-refractivity contribution in [1.29, 1.82) is 0 Å². The van der Waals surface area contributed by atoms with Crippen LogP contribution in [0.1, 0.15) is 52.2 Å². The molecule has 2 saturated heterocycles. The third kappa shape index (κ3) is 10.2. The summed E-state index contributed by atoms with van der Waals surface area (Å²) in [4.78, 5) is 27.1. The maximum Gasteiger partial charge on any atom is 0.241 e. The number of hydrogen-bond donors (Lipinski definition) is 3. The zero-order chi connectivity index (χ0) is 38.9. The summed E-state index contributed by atoms with van der Waals surface area (Å²) in [7, 11) is -3.96. The molecule has 0 saturated carbocycles. The molecule has 1 aromatic heterocycles. The number of nitrogens with zero attached hydrogens (tertiary/aromatic N) is 4. The molecular weight excluding hydrogens is 729 g/mol. The molecule has 4 atom stereocenters. The van der Waals surface area contributed by atoms with Gasteiger partial charge in [0.05, 0.1) is 23.7 Å². The third-order valence-corrected chi connectivity index (χ3v) is 11.7. The first-order valence-corrected chi connectivity index (χ1v) is 20.4. The second-order valence-electron chi connectivity index (χ2n) is 14.3. The van der Waals surface area contributed by atoms with Crippen molar-refractivity contribution in [1.82, 2.24) is 24.9 Å². The lowest BCUT2D eigenvalue weighted by molar-refractivity contribution is -0.253. The van der Waals surface area contributed by atoms with Crippen molar-refractivity contribution < 1.29 is 27.8 Å². The van der Waals surface area contributed by atoms with E-state index in [0.717, 1.165) is 72.1 Å². The number of nitrogens with one attached hydrogen (secondary N) is 2. The molecule has 2 aliphatic rings. The van der Waals surface area contributed by atoms with E-state index in [9.17, 15) is 18.3 Å². The van der Waals surface area contributed by atoms with Gasteiger partial charge in [-0.1, -0.05) is 96.6 Å². The van der Waals surface area contributed by atoms with E-state index in [-0.39, 0.29) is 36.7 Å². The van der Waals surface area contributed by atoms with Crippen LogP contribution in [0.3, 0.4) is 0 Å². The molecule has 0 radical (unpaired) electrons. The number of aryl methyl sites for hydroxylation is 1. The van der Waals surface area contributed by atoms with Crippen LogP contribution in [0.4, 0.5) is 5.95 Å². The number of benzene rings is 4. The van der Waals surface area contributed by atoms with Crippen LogP contribution in [0.25, 0.3) is 0 Å². The Hall–Kier alpha value is -5.02. The lowest BCUT2D eigenvalue weighted by Crippen LogP contribution is -2.50. The number of ether oxygens (including phenoxy) is 2. The van der Waals surface area contributed by atoms with Crippen molar-refractivity contribution in [3.05, 3.63) is 155 Å². The summed E-state index contributed by atoms with van der Waals surface area (Å²) < 4.78 is 42.5. The summed E-state index contributed by atoms with van der Waals surface area (Å²) in [5.74, 6) is 0.321. The van der Waals surface area contributed by atoms with E-state index in [4.69, 9.17) is 9.47 Å². The SMILES string of the molecule is Cc1ccc(S(=O)(=O)N[C@H](Cc2ccccc2)C(=O)NCc2ccc([C@H]3O[C@@H](CN4CCN(c5ncccn5)CC4)C[C@@H](c4ccc(CO)cc4)O3)cc2)cc1. The quantitative estimate of drug-likeness (QED) is 0.143. The Kier molecular flexibility index (Phi) is 12.8. The Morgan fingerprint density at radius 2 is 1.46 bits per heavy atom. The fourth-order valence-electron chi connectivity index (χ4n) is 7.02. The molecule has 0 unspecified atom stereocenters. The van der Waals surface area contributed by atoms with Crippen LogP contribution < -0.4 is 14.9 Å². The Balaban J connectivity index is 1.01. The smallest absolute Gasteiger partial charge is 0.241 e. The number of piperazine rings is 1. The summed E-state index contributed by atoms with van der Waals surface area (Å²) in [5, 5.41) is 12.5. The van der Waals surface area contributed by atoms with Gasteiger partial charge in [-0.05, 0) is 53.8 Å². The van der Waals surface area contributed by atoms with Crippen LogP contribution in [0.15, 0.2) is 126 Å². The maximum absolute atomic E-state index is 13.6. The van der Waals surface area contributed by atoms with Gasteiger partial charge in [0.2, 0.25) is 21.9 Å². The Morgan fingerprint density at radius 1 is 0.804 bits per heavy atom. The first-order chi connectivity index (χ1) is 27.2. The number of hydrogen-bond acceptors (Lipinski definition) is 10. The molecule has 4 aromatic carbocycles. The van der Waals surface area contributed by atoms with Gasteiger partial charge in [0.1, 0.15) is 6.04 Å². The van der Waals surface area contributed by atoms with Crippen molar-refractivity contribution in [3.63, 3.8) is 0 Å². The van der Waals surface area contributed by atoms with Gasteiger partial charge in [0.25, 0.3) is 0 Å². The molecule has 292 valence electrons. The Morgan fingerprint density at radius 3 is 2.14 bits per heavy atom. The molecule has 2 aliphatic heterocycles. The molecule has 0 spiro atoms. The highest BCUT2D eigenvalue weighted by Crippen LogP contribution is 2.38. The van der Waals surface area contributed by atoms with E-state index in [1.54, 1.807) is 24.5 Å². The zero-order valence-corrected chi connectivity index (χ0v) is 32.2. The van der Waals surface area contributed by atoms with Crippen LogP contribution in [-0.2, 0) is 43.9 Å². The highest BCUT2D eigenvalue weighted by Gasteiger charge is 2.34. The standard InChI is InChI=1S/C43H48N6O6S/c1-31-8-18-38(19-9-31)56(52,53)47-39(26-32-6-3-2-4-7-32)41(51)46-28-33-10-16-36(17-11-33)42-54-37(27-40(55-42)35-14-12-34(30-50)13-15-35)29-48-22-24-49(25-23-48)43-44-20-5-21-45-43/h2-21,37,39-40,42,47,50H,22-30H2,1H3,(H,46,51)/t37-,39-,40+,42+/m1/s1. The van der Waals surface area contributed by atoms with Gasteiger partial charge >= 0.3 is 0 Å². The summed E-state index contributed by atoms with van der Waals surface area (Å²) >= 11 is 0. The van der Waals surface area contributed by atoms with Crippen LogP contribution in [-0.4, -0.2) is 79.2 Å². The third-order valence-electron chi connectivity index (χ3n) is 10.2. The van der Waals surface area contributed by atoms with Crippen molar-refractivity contribution in [2.75, 3.05) is 37.6 Å². The topological polar surface area (TPSA) is 146 Å². The first-order valence-electron chi connectivity index (χ1n) is 19.0. The molecule has 12 nitrogen and oxygen atoms in total. The Bertz CT molecular complexity index is 2120. The second-order valence-corrected chi connectivity index (χ2v) is 16.0. The monoisotopic (exact) mass is 776 g/mol. The van der Waals surface area contributed by atoms with Crippen LogP contribution in [0, 0.1) is 6.92 Å². The number of aliphatic hydroxyl groups excluding tert-OH is 1. The van der Waals surface area contributed by atoms with E-state index in [1.165, 1.54) is 12.1 Å². The number of aliphatic hydroxyl groups is 1. The van der Waals surface area contributed by atoms with Gasteiger partial charge in [-0.3, -0.25) is 9.69 Å². The van der Waals surface area contributed by atoms with Crippen molar-refractivity contribution in [2.45, 2.75) is 62.4 Å². The minimum atomic E-state index is -3.96. The molecule has 0 bridgehead atoms. The van der Waals surface area contributed by atoms with Crippen LogP contribution in [0.5, 0.6) is 0 Å². The van der Waals surface area contributed by atoms with E-state index >= 15 is 0 Å². The molecule has 5 aromatic rings. The lowest BCUT2D eigenvalue weighted by Gasteiger charge is -2.40. The molecule has 7 rings (SSSR count). The number of sulfonamides is 1. The van der Waals surface area contributed by atoms with Crippen molar-refractivity contribution >= 4 is 21.9 Å². The minimum absolute atomic E-state index is 0.0241. The van der Waals surface area contributed by atoms with Gasteiger partial charge in [0.15, 0.2) is 6.29 Å². The Labute approximate surface area is 328 Å². The fourth-order valence-corrected chi connectivity index (χ4v) is 8.22. The average molecular weight is 777 g/mol. The summed E-state index contributed by atoms with van der Waals surface area (Å²) in [6, 6.07) is 32.3. The van der Waals surface area contributed by atoms with Gasteiger partial charge in [-0.2, -0.15) is 4.72 Å². The van der Waals surface area contributed by atoms with Crippen molar-refractivity contribution in [3.8, 4) is 0 Å². The molecular formula is C43H48N6O6S. The number of rotatable bonds is 14. The summed E-state index contributed by atoms with van der Waals surface area (Å²) in [6.07, 6.45) is 3.47. The molecule has 13 heteroatoms. The number of aromatic nitrogens is 2. The van der Waals surface area contributed by atoms with Gasteiger partial charge < -0.3 is 24.8 Å². The highest BCUT2D eigenvalue weighted by molar-refractivity contribution is 7.89. The number of amides is 1. The number of carbonyl (C=O) groups excluding carboxylic acids is 1. The first kappa shape index (κ1) is 39.2. The van der Waals surface area contributed by atoms with E-state index < -0.39 is 28.3 Å². The van der Waals surface area contributed by atoms with Crippen LogP contribution >= 0.6 is 0 Å². The maximum atomic E-state index is 13.6. The molecule has 56 heavy (non-hydrogen) atoms. The predicted octanol–water partition coefficient (Wildman–Crippen LogP) is 4.85. The van der Waals surface area contributed by atoms with Crippen molar-refractivity contribution in [2.24, 2.45) is 0 Å². The molecule has 3 heterocycles. The van der Waals surface area contributed by atoms with Gasteiger partial charge in [-0.25, -0.2) is 18.4 Å². The van der Waals surface area contributed by atoms with Crippen LogP contribution in [0.2, 0.25) is 0 Å². The molecule has 2 fully saturated rings. The van der Waals surface area contributed by atoms with E-state index in [0.29, 0.717) is 6.42 Å². The van der Waals surface area contributed by atoms with Gasteiger partial charge in [0, 0.05) is 63.6 Å². The van der Waals surface area contributed by atoms with Gasteiger partial charge in [-0.15, -0.1) is 0 Å². The van der Waals surface area contributed by atoms with E-state index in [2.05, 4.69) is 29.8 Å².